The van der Waals surface area contributed by atoms with Crippen LogP contribution in [0.3, 0.4) is 0 Å². The Balaban J connectivity index is 2.17. The fourth-order valence-corrected chi connectivity index (χ4v) is 5.10. The Labute approximate surface area is 191 Å². The van der Waals surface area contributed by atoms with Crippen LogP contribution in [0, 0.1) is 0 Å². The quantitative estimate of drug-likeness (QED) is 0.366. The van der Waals surface area contributed by atoms with Gasteiger partial charge in [0.1, 0.15) is 11.6 Å². The van der Waals surface area contributed by atoms with E-state index in [4.69, 9.17) is 33.1 Å². The minimum Gasteiger partial charge on any atom is -0.398 e. The average Bonchev–Trinajstić information content (AvgIpc) is 3.02. The number of halogens is 2. The van der Waals surface area contributed by atoms with Crippen molar-refractivity contribution in [3.8, 4) is 5.75 Å². The van der Waals surface area contributed by atoms with Crippen LogP contribution in [-0.4, -0.2) is 29.7 Å². The first-order valence-electron chi connectivity index (χ1n) is 9.56. The van der Waals surface area contributed by atoms with Gasteiger partial charge in [0.15, 0.2) is 5.03 Å². The standard InChI is InChI=1S/C21H23Cl2N3O4S/c1-13(2)20-21(31(28,29)30-17-10-15(22)9-16(23)11-17)26(19(25-20)7-8-27)12-14-5-3-4-6-18(14)24/h3-6,9-11,13,27H,7-8,12,24H2,1-2H3. The van der Waals surface area contributed by atoms with Crippen LogP contribution in [-0.2, 0) is 23.1 Å². The zero-order valence-corrected chi connectivity index (χ0v) is 19.4. The van der Waals surface area contributed by atoms with Crippen LogP contribution < -0.4 is 9.92 Å². The number of aliphatic hydroxyl groups excluding tert-OH is 1. The molecule has 7 nitrogen and oxygen atoms in total. The summed E-state index contributed by atoms with van der Waals surface area (Å²) < 4.78 is 33.7. The lowest BCUT2D eigenvalue weighted by Crippen LogP contribution is -2.19. The second kappa shape index (κ2) is 9.48. The normalized spacial score (nSPS) is 11.8. The molecule has 3 rings (SSSR count). The van der Waals surface area contributed by atoms with Gasteiger partial charge in [-0.25, -0.2) is 4.98 Å². The molecule has 0 unspecified atom stereocenters. The van der Waals surface area contributed by atoms with Crippen LogP contribution in [0.15, 0.2) is 47.5 Å². The number of nitrogen functional groups attached to an aromatic ring is 1. The summed E-state index contributed by atoms with van der Waals surface area (Å²) in [5, 5.41) is 9.91. The Hall–Kier alpha value is -2.26. The molecule has 1 aromatic heterocycles. The minimum absolute atomic E-state index is 0.0112. The van der Waals surface area contributed by atoms with Crippen LogP contribution >= 0.6 is 23.2 Å². The zero-order chi connectivity index (χ0) is 22.8. The highest BCUT2D eigenvalue weighted by molar-refractivity contribution is 7.87. The first-order chi connectivity index (χ1) is 14.6. The highest BCUT2D eigenvalue weighted by Gasteiger charge is 2.31. The summed E-state index contributed by atoms with van der Waals surface area (Å²) in [6.45, 7) is 3.63. The number of benzene rings is 2. The Morgan fingerprint density at radius 3 is 2.39 bits per heavy atom. The molecular weight excluding hydrogens is 461 g/mol. The molecular formula is C21H23Cl2N3O4S. The Morgan fingerprint density at radius 2 is 1.81 bits per heavy atom. The van der Waals surface area contributed by atoms with Gasteiger partial charge in [-0.1, -0.05) is 55.2 Å². The van der Waals surface area contributed by atoms with Gasteiger partial charge in [0.2, 0.25) is 0 Å². The van der Waals surface area contributed by atoms with E-state index in [0.29, 0.717) is 17.2 Å². The maximum absolute atomic E-state index is 13.4. The summed E-state index contributed by atoms with van der Waals surface area (Å²) in [5.41, 5.74) is 7.66. The van der Waals surface area contributed by atoms with Crippen molar-refractivity contribution in [1.29, 1.82) is 0 Å². The van der Waals surface area contributed by atoms with Gasteiger partial charge < -0.3 is 19.6 Å². The van der Waals surface area contributed by atoms with Gasteiger partial charge in [0.05, 0.1) is 18.8 Å². The van der Waals surface area contributed by atoms with Gasteiger partial charge >= 0.3 is 10.1 Å². The van der Waals surface area contributed by atoms with Crippen LogP contribution in [0.2, 0.25) is 10.0 Å². The van der Waals surface area contributed by atoms with Crippen molar-refractivity contribution in [2.75, 3.05) is 12.3 Å². The Morgan fingerprint density at radius 1 is 1.16 bits per heavy atom. The topological polar surface area (TPSA) is 107 Å². The van der Waals surface area contributed by atoms with Crippen molar-refractivity contribution in [1.82, 2.24) is 9.55 Å². The second-order valence-corrected chi connectivity index (χ2v) is 9.61. The molecule has 0 amide bonds. The molecule has 1 heterocycles. The van der Waals surface area contributed by atoms with Gasteiger partial charge in [-0.3, -0.25) is 0 Å². The number of hydrogen-bond donors (Lipinski definition) is 2. The number of aliphatic hydroxyl groups is 1. The molecule has 10 heteroatoms. The van der Waals surface area contributed by atoms with E-state index in [1.165, 1.54) is 22.8 Å². The molecule has 0 atom stereocenters. The summed E-state index contributed by atoms with van der Waals surface area (Å²) in [6, 6.07) is 11.4. The van der Waals surface area contributed by atoms with Crippen LogP contribution in [0.5, 0.6) is 5.75 Å². The fraction of sp³-hybridized carbons (Fsp3) is 0.286. The summed E-state index contributed by atoms with van der Waals surface area (Å²) in [4.78, 5) is 4.52. The molecule has 0 aliphatic carbocycles. The molecule has 0 bridgehead atoms. The molecule has 0 radical (unpaired) electrons. The third-order valence-corrected chi connectivity index (χ3v) is 6.32. The van der Waals surface area contributed by atoms with Crippen molar-refractivity contribution in [2.45, 2.75) is 37.8 Å². The monoisotopic (exact) mass is 483 g/mol. The van der Waals surface area contributed by atoms with Crippen molar-refractivity contribution < 1.29 is 17.7 Å². The van der Waals surface area contributed by atoms with E-state index < -0.39 is 10.1 Å². The number of nitrogens with zero attached hydrogens (tertiary/aromatic N) is 2. The number of aromatic nitrogens is 2. The van der Waals surface area contributed by atoms with E-state index in [0.717, 1.165) is 5.56 Å². The highest BCUT2D eigenvalue weighted by atomic mass is 35.5. The molecule has 3 aromatic rings. The summed E-state index contributed by atoms with van der Waals surface area (Å²) in [5.74, 6) is 0.187. The second-order valence-electron chi connectivity index (χ2n) is 7.27. The minimum atomic E-state index is -4.32. The van der Waals surface area contributed by atoms with Gasteiger partial charge in [-0.15, -0.1) is 0 Å². The SMILES string of the molecule is CC(C)c1nc(CCO)n(Cc2ccccc2N)c1S(=O)(=O)Oc1cc(Cl)cc(Cl)c1. The molecule has 0 aliphatic heterocycles. The highest BCUT2D eigenvalue weighted by Crippen LogP contribution is 2.31. The Kier molecular flexibility index (Phi) is 7.16. The van der Waals surface area contributed by atoms with Crippen molar-refractivity contribution in [2.24, 2.45) is 0 Å². The van der Waals surface area contributed by atoms with Gasteiger partial charge in [-0.2, -0.15) is 8.42 Å². The predicted octanol–water partition coefficient (Wildman–Crippen LogP) is 4.25. The lowest BCUT2D eigenvalue weighted by molar-refractivity contribution is 0.294. The number of rotatable bonds is 8. The van der Waals surface area contributed by atoms with Gasteiger partial charge in [0, 0.05) is 34.3 Å². The summed E-state index contributed by atoms with van der Waals surface area (Å²) in [6.07, 6.45) is 0.172. The molecule has 0 spiro atoms. The molecule has 31 heavy (non-hydrogen) atoms. The smallest absolute Gasteiger partial charge is 0.357 e. The van der Waals surface area contributed by atoms with Crippen LogP contribution in [0.1, 0.15) is 36.8 Å². The maximum atomic E-state index is 13.4. The molecule has 3 N–H and O–H groups in total. The van der Waals surface area contributed by atoms with E-state index in [1.54, 1.807) is 18.2 Å². The molecule has 0 fully saturated rings. The zero-order valence-electron chi connectivity index (χ0n) is 17.0. The first kappa shape index (κ1) is 23.4. The largest absolute Gasteiger partial charge is 0.398 e. The van der Waals surface area contributed by atoms with Crippen molar-refractivity contribution in [3.05, 3.63) is 69.6 Å². The predicted molar refractivity (Wildman–Crippen MR) is 121 cm³/mol. The summed E-state index contributed by atoms with van der Waals surface area (Å²) >= 11 is 12.0. The van der Waals surface area contributed by atoms with E-state index >= 15 is 0 Å². The van der Waals surface area contributed by atoms with E-state index in [9.17, 15) is 13.5 Å². The van der Waals surface area contributed by atoms with Crippen molar-refractivity contribution in [3.63, 3.8) is 0 Å². The molecule has 0 aliphatic rings. The van der Waals surface area contributed by atoms with E-state index in [-0.39, 0.29) is 46.3 Å². The Bertz CT molecular complexity index is 1170. The number of hydrogen-bond acceptors (Lipinski definition) is 6. The first-order valence-corrected chi connectivity index (χ1v) is 11.7. The lowest BCUT2D eigenvalue weighted by Gasteiger charge is -2.15. The number of para-hydroxylation sites is 1. The summed E-state index contributed by atoms with van der Waals surface area (Å²) in [7, 11) is -4.32. The van der Waals surface area contributed by atoms with E-state index in [2.05, 4.69) is 4.98 Å². The number of anilines is 1. The van der Waals surface area contributed by atoms with E-state index in [1.807, 2.05) is 19.9 Å². The average molecular weight is 484 g/mol. The maximum Gasteiger partial charge on any atom is 0.357 e. The third kappa shape index (κ3) is 5.33. The van der Waals surface area contributed by atoms with Crippen LogP contribution in [0.4, 0.5) is 5.69 Å². The fourth-order valence-electron chi connectivity index (χ4n) is 3.19. The number of imidazole rings is 1. The molecule has 0 saturated heterocycles. The molecule has 0 saturated carbocycles. The third-order valence-electron chi connectivity index (χ3n) is 4.57. The van der Waals surface area contributed by atoms with Crippen molar-refractivity contribution >= 4 is 39.0 Å². The molecule has 166 valence electrons. The van der Waals surface area contributed by atoms with Gasteiger partial charge in [-0.05, 0) is 23.6 Å². The molecule has 2 aromatic carbocycles. The van der Waals surface area contributed by atoms with Gasteiger partial charge in [0.25, 0.3) is 0 Å². The lowest BCUT2D eigenvalue weighted by atomic mass is 10.1. The van der Waals surface area contributed by atoms with Crippen LogP contribution in [0.25, 0.3) is 0 Å². The number of nitrogens with two attached hydrogens (primary N) is 1.